The lowest BCUT2D eigenvalue weighted by atomic mass is 10.1. The van der Waals surface area contributed by atoms with Gasteiger partial charge in [0.05, 0.1) is 24.3 Å². The number of likely N-dealkylation sites (tertiary alicyclic amines) is 2. The third kappa shape index (κ3) is 9.17. The molecule has 2 aliphatic heterocycles. The Kier molecular flexibility index (Phi) is 12.8. The molecule has 2 heterocycles. The van der Waals surface area contributed by atoms with Crippen LogP contribution in [0.25, 0.3) is 12.2 Å². The van der Waals surface area contributed by atoms with Crippen molar-refractivity contribution in [2.75, 3.05) is 36.9 Å². The first-order valence-electron chi connectivity index (χ1n) is 18.9. The van der Waals surface area contributed by atoms with E-state index in [1.165, 1.54) is 0 Å². The van der Waals surface area contributed by atoms with Crippen LogP contribution in [0.1, 0.15) is 84.2 Å². The van der Waals surface area contributed by atoms with Crippen LogP contribution in [-0.4, -0.2) is 71.8 Å². The average Bonchev–Trinajstić information content (AvgIpc) is 3.91. The zero-order valence-electron chi connectivity index (χ0n) is 31.0. The number of hydrogen-bond donors (Lipinski definition) is 2. The van der Waals surface area contributed by atoms with Crippen LogP contribution in [0, 0.1) is 0 Å². The average molecular weight is 729 g/mol. The SMILES string of the molecule is CCCOc1ccccc1C(=O)N1CCC[C@H]1C(=O)Nc1ccc(C=Cc2ccc(NC(=O)[C@@H]3CCCN3C(=O)c3ccccc3OCCC)cc2)cc1. The van der Waals surface area contributed by atoms with E-state index in [0.717, 1.165) is 36.8 Å². The smallest absolute Gasteiger partial charge is 0.258 e. The van der Waals surface area contributed by atoms with E-state index in [4.69, 9.17) is 9.47 Å². The largest absolute Gasteiger partial charge is 0.493 e. The molecule has 2 N–H and O–H groups in total. The van der Waals surface area contributed by atoms with Gasteiger partial charge >= 0.3 is 0 Å². The Labute approximate surface area is 317 Å². The summed E-state index contributed by atoms with van der Waals surface area (Å²) in [5.74, 6) is 0.268. The maximum Gasteiger partial charge on any atom is 0.258 e. The van der Waals surface area contributed by atoms with E-state index in [0.29, 0.717) is 73.1 Å². The molecule has 0 unspecified atom stereocenters. The van der Waals surface area contributed by atoms with E-state index in [1.54, 1.807) is 34.1 Å². The summed E-state index contributed by atoms with van der Waals surface area (Å²) in [6.07, 6.45) is 8.31. The molecule has 0 aromatic heterocycles. The highest BCUT2D eigenvalue weighted by molar-refractivity contribution is 6.04. The van der Waals surface area contributed by atoms with Crippen LogP contribution in [0.4, 0.5) is 11.4 Å². The van der Waals surface area contributed by atoms with Gasteiger partial charge in [0.15, 0.2) is 0 Å². The molecule has 2 atom stereocenters. The van der Waals surface area contributed by atoms with Gasteiger partial charge in [-0.1, -0.05) is 74.5 Å². The quantitative estimate of drug-likeness (QED) is 0.128. The second kappa shape index (κ2) is 18.2. The third-order valence-electron chi connectivity index (χ3n) is 9.62. The molecule has 0 radical (unpaired) electrons. The Morgan fingerprint density at radius 2 is 0.981 bits per heavy atom. The monoisotopic (exact) mass is 728 g/mol. The Morgan fingerprint density at radius 3 is 1.37 bits per heavy atom. The van der Waals surface area contributed by atoms with Gasteiger partial charge < -0.3 is 29.9 Å². The summed E-state index contributed by atoms with van der Waals surface area (Å²) in [5, 5.41) is 5.98. The predicted octanol–water partition coefficient (Wildman–Crippen LogP) is 7.92. The number of nitrogens with zero attached hydrogens (tertiary/aromatic N) is 2. The molecule has 0 spiro atoms. The Bertz CT molecular complexity index is 1820. The van der Waals surface area contributed by atoms with Crippen LogP contribution in [0.3, 0.4) is 0 Å². The van der Waals surface area contributed by atoms with Crippen molar-refractivity contribution >= 4 is 47.2 Å². The molecule has 0 bridgehead atoms. The lowest BCUT2D eigenvalue weighted by Gasteiger charge is -2.25. The number of benzene rings is 4. The summed E-state index contributed by atoms with van der Waals surface area (Å²) in [5.41, 5.74) is 4.14. The molecule has 4 aromatic rings. The molecule has 10 nitrogen and oxygen atoms in total. The van der Waals surface area contributed by atoms with Crippen molar-refractivity contribution in [3.63, 3.8) is 0 Å². The number of ether oxygens (including phenoxy) is 2. The van der Waals surface area contributed by atoms with E-state index >= 15 is 0 Å². The molecule has 6 rings (SSSR count). The lowest BCUT2D eigenvalue weighted by Crippen LogP contribution is -2.43. The van der Waals surface area contributed by atoms with E-state index < -0.39 is 12.1 Å². The fourth-order valence-corrected chi connectivity index (χ4v) is 6.84. The van der Waals surface area contributed by atoms with Crippen molar-refractivity contribution in [1.29, 1.82) is 0 Å². The molecular formula is C44H48N4O6. The van der Waals surface area contributed by atoms with Gasteiger partial charge in [0.25, 0.3) is 11.8 Å². The summed E-state index contributed by atoms with van der Waals surface area (Å²) in [7, 11) is 0. The minimum absolute atomic E-state index is 0.196. The van der Waals surface area contributed by atoms with E-state index in [9.17, 15) is 19.2 Å². The Morgan fingerprint density at radius 1 is 0.593 bits per heavy atom. The molecule has 4 amide bonds. The minimum Gasteiger partial charge on any atom is -0.493 e. The number of carbonyl (C=O) groups excluding carboxylic acids is 4. The summed E-state index contributed by atoms with van der Waals surface area (Å²) < 4.78 is 11.6. The van der Waals surface area contributed by atoms with Crippen molar-refractivity contribution < 1.29 is 28.7 Å². The lowest BCUT2D eigenvalue weighted by molar-refractivity contribution is -0.120. The molecule has 10 heteroatoms. The van der Waals surface area contributed by atoms with E-state index in [1.807, 2.05) is 98.8 Å². The van der Waals surface area contributed by atoms with Crippen molar-refractivity contribution in [3.05, 3.63) is 119 Å². The molecule has 0 saturated carbocycles. The van der Waals surface area contributed by atoms with Crippen molar-refractivity contribution in [2.45, 2.75) is 64.5 Å². The van der Waals surface area contributed by atoms with Gasteiger partial charge in [-0.15, -0.1) is 0 Å². The summed E-state index contributed by atoms with van der Waals surface area (Å²) in [4.78, 5) is 56.9. The number of amides is 4. The molecule has 54 heavy (non-hydrogen) atoms. The molecule has 2 saturated heterocycles. The van der Waals surface area contributed by atoms with Crippen molar-refractivity contribution in [1.82, 2.24) is 9.80 Å². The number of nitrogens with one attached hydrogen (secondary N) is 2. The number of rotatable bonds is 14. The Hall–Kier alpha value is -5.90. The predicted molar refractivity (Wildman–Crippen MR) is 212 cm³/mol. The fourth-order valence-electron chi connectivity index (χ4n) is 6.84. The topological polar surface area (TPSA) is 117 Å². The standard InChI is InChI=1S/C44H48N4O6/c1-3-29-53-39-15-7-5-11-35(39)43(51)47-27-9-13-37(47)41(49)45-33-23-19-31(20-24-33)17-18-32-21-25-34(26-22-32)46-42(50)38-14-10-28-48(38)44(52)36-12-6-8-16-40(36)54-30-4-2/h5-8,11-12,15-26,37-38H,3-4,9-10,13-14,27-30H2,1-2H3,(H,45,49)(H,46,50)/t37-,38-/m0/s1. The number of anilines is 2. The zero-order chi connectivity index (χ0) is 37.9. The van der Waals surface area contributed by atoms with Gasteiger partial charge in [0.1, 0.15) is 23.6 Å². The number of hydrogen-bond acceptors (Lipinski definition) is 6. The molecular weight excluding hydrogens is 681 g/mol. The van der Waals surface area contributed by atoms with Gasteiger partial charge in [-0.05, 0) is 98.2 Å². The van der Waals surface area contributed by atoms with E-state index in [2.05, 4.69) is 10.6 Å². The van der Waals surface area contributed by atoms with Crippen LogP contribution in [-0.2, 0) is 9.59 Å². The summed E-state index contributed by atoms with van der Waals surface area (Å²) in [6.45, 7) is 6.09. The second-order valence-corrected chi connectivity index (χ2v) is 13.6. The number of para-hydroxylation sites is 2. The van der Waals surface area contributed by atoms with Crippen LogP contribution in [0.2, 0.25) is 0 Å². The van der Waals surface area contributed by atoms with Crippen LogP contribution < -0.4 is 20.1 Å². The highest BCUT2D eigenvalue weighted by Gasteiger charge is 2.37. The van der Waals surface area contributed by atoms with Gasteiger partial charge in [0, 0.05) is 24.5 Å². The summed E-state index contributed by atoms with van der Waals surface area (Å²) in [6, 6.07) is 28.3. The summed E-state index contributed by atoms with van der Waals surface area (Å²) >= 11 is 0. The zero-order valence-corrected chi connectivity index (χ0v) is 31.0. The maximum atomic E-state index is 13.5. The van der Waals surface area contributed by atoms with Gasteiger partial charge in [-0.3, -0.25) is 19.2 Å². The Balaban J connectivity index is 1.01. The third-order valence-corrected chi connectivity index (χ3v) is 9.62. The van der Waals surface area contributed by atoms with E-state index in [-0.39, 0.29) is 23.6 Å². The van der Waals surface area contributed by atoms with Gasteiger partial charge in [0.2, 0.25) is 11.8 Å². The van der Waals surface area contributed by atoms with Crippen molar-refractivity contribution in [3.8, 4) is 11.5 Å². The molecule has 0 aliphatic carbocycles. The van der Waals surface area contributed by atoms with Crippen LogP contribution >= 0.6 is 0 Å². The molecule has 2 fully saturated rings. The first kappa shape index (κ1) is 37.8. The van der Waals surface area contributed by atoms with Gasteiger partial charge in [-0.25, -0.2) is 0 Å². The highest BCUT2D eigenvalue weighted by atomic mass is 16.5. The minimum atomic E-state index is -0.559. The second-order valence-electron chi connectivity index (χ2n) is 13.6. The van der Waals surface area contributed by atoms with Crippen LogP contribution in [0.15, 0.2) is 97.1 Å². The molecule has 280 valence electrons. The maximum absolute atomic E-state index is 13.5. The van der Waals surface area contributed by atoms with Crippen molar-refractivity contribution in [2.24, 2.45) is 0 Å². The first-order valence-corrected chi connectivity index (χ1v) is 18.9. The first-order chi connectivity index (χ1) is 26.4. The normalized spacial score (nSPS) is 16.7. The molecule has 4 aromatic carbocycles. The highest BCUT2D eigenvalue weighted by Crippen LogP contribution is 2.28. The van der Waals surface area contributed by atoms with Crippen LogP contribution in [0.5, 0.6) is 11.5 Å². The fraction of sp³-hybridized carbons (Fsp3) is 0.318. The van der Waals surface area contributed by atoms with Gasteiger partial charge in [-0.2, -0.15) is 0 Å². The number of carbonyl (C=O) groups is 4. The molecule has 2 aliphatic rings.